The average Bonchev–Trinajstić information content (AvgIpc) is 2.37. The molecule has 0 saturated heterocycles. The number of esters is 1. The largest absolute Gasteiger partial charge is 0.598 e. The minimum absolute atomic E-state index is 0.117. The molecule has 1 aromatic heterocycles. The van der Waals surface area contributed by atoms with E-state index in [2.05, 4.69) is 25.6 Å². The zero-order chi connectivity index (χ0) is 16.0. The van der Waals surface area contributed by atoms with E-state index in [1.165, 1.54) is 0 Å². The fourth-order valence-corrected chi connectivity index (χ4v) is 2.77. The zero-order valence-corrected chi connectivity index (χ0v) is 15.1. The molecular formula is C14H21BrN2O3S. The molecule has 1 heterocycles. The lowest BCUT2D eigenvalue weighted by molar-refractivity contribution is -0.143. The first-order valence-electron chi connectivity index (χ1n) is 6.69. The predicted octanol–water partition coefficient (Wildman–Crippen LogP) is 2.89. The number of carbonyl (C=O) groups is 1. The van der Waals surface area contributed by atoms with Crippen molar-refractivity contribution in [1.29, 1.82) is 0 Å². The summed E-state index contributed by atoms with van der Waals surface area (Å²) in [5.41, 5.74) is 0.836. The second-order valence-corrected chi connectivity index (χ2v) is 8.28. The fraction of sp³-hybridized carbons (Fsp3) is 0.571. The molecule has 7 heteroatoms. The van der Waals surface area contributed by atoms with Crippen LogP contribution in [-0.4, -0.2) is 26.9 Å². The van der Waals surface area contributed by atoms with Gasteiger partial charge in [-0.2, -0.15) is 0 Å². The summed E-state index contributed by atoms with van der Waals surface area (Å²) < 4.78 is 20.5. The van der Waals surface area contributed by atoms with Gasteiger partial charge >= 0.3 is 5.97 Å². The summed E-state index contributed by atoms with van der Waals surface area (Å²) in [6, 6.07) is 3.21. The molecule has 0 spiro atoms. The Labute approximate surface area is 137 Å². The van der Waals surface area contributed by atoms with Gasteiger partial charge in [0, 0.05) is 17.6 Å². The number of aromatic nitrogens is 1. The number of hydrogen-bond acceptors (Lipinski definition) is 5. The Balaban J connectivity index is 2.92. The summed E-state index contributed by atoms with van der Waals surface area (Å²) >= 11 is 2.01. The Morgan fingerprint density at radius 1 is 1.57 bits per heavy atom. The smallest absolute Gasteiger partial charge is 0.307 e. The Hall–Kier alpha value is -0.630. The van der Waals surface area contributed by atoms with Crippen LogP contribution in [0.15, 0.2) is 22.9 Å². The van der Waals surface area contributed by atoms with Gasteiger partial charge in [-0.25, -0.2) is 4.98 Å². The molecule has 5 nitrogen and oxygen atoms in total. The van der Waals surface area contributed by atoms with Gasteiger partial charge < -0.3 is 9.29 Å². The van der Waals surface area contributed by atoms with Crippen molar-refractivity contribution in [2.45, 2.75) is 44.9 Å². The third-order valence-corrected chi connectivity index (χ3v) is 4.68. The highest BCUT2D eigenvalue weighted by Crippen LogP contribution is 2.24. The van der Waals surface area contributed by atoms with E-state index in [9.17, 15) is 9.35 Å². The first-order chi connectivity index (χ1) is 9.74. The predicted molar refractivity (Wildman–Crippen MR) is 87.0 cm³/mol. The van der Waals surface area contributed by atoms with Gasteiger partial charge in [-0.05, 0) is 61.3 Å². The molecule has 0 aromatic carbocycles. The van der Waals surface area contributed by atoms with Crippen LogP contribution in [0.2, 0.25) is 0 Å². The molecule has 0 aliphatic heterocycles. The second-order valence-electron chi connectivity index (χ2n) is 5.47. The molecule has 1 rings (SSSR count). The van der Waals surface area contributed by atoms with Crippen LogP contribution < -0.4 is 4.72 Å². The molecular weight excluding hydrogens is 356 g/mol. The van der Waals surface area contributed by atoms with Crippen LogP contribution in [0.5, 0.6) is 0 Å². The number of halogens is 1. The summed E-state index contributed by atoms with van der Waals surface area (Å²) in [7, 11) is 0. The fourth-order valence-electron chi connectivity index (χ4n) is 1.55. The molecule has 21 heavy (non-hydrogen) atoms. The Kier molecular flexibility index (Phi) is 7.12. The van der Waals surface area contributed by atoms with E-state index in [0.29, 0.717) is 11.2 Å². The Morgan fingerprint density at radius 2 is 2.24 bits per heavy atom. The van der Waals surface area contributed by atoms with Crippen molar-refractivity contribution in [2.75, 3.05) is 6.61 Å². The highest BCUT2D eigenvalue weighted by molar-refractivity contribution is 9.10. The monoisotopic (exact) mass is 376 g/mol. The quantitative estimate of drug-likeness (QED) is 0.469. The molecule has 0 amide bonds. The highest BCUT2D eigenvalue weighted by atomic mass is 79.9. The number of hydrogen-bond donors (Lipinski definition) is 1. The average molecular weight is 377 g/mol. The lowest BCUT2D eigenvalue weighted by Gasteiger charge is -2.27. The topological polar surface area (TPSA) is 74.3 Å². The summed E-state index contributed by atoms with van der Waals surface area (Å²) in [6.45, 7) is 7.71. The van der Waals surface area contributed by atoms with Crippen LogP contribution in [0, 0.1) is 0 Å². The molecule has 1 unspecified atom stereocenters. The van der Waals surface area contributed by atoms with E-state index < -0.39 is 16.1 Å². The van der Waals surface area contributed by atoms with Gasteiger partial charge in [0.15, 0.2) is 0 Å². The Morgan fingerprint density at radius 3 is 2.76 bits per heavy atom. The van der Waals surface area contributed by atoms with E-state index in [4.69, 9.17) is 4.74 Å². The number of carbonyl (C=O) groups excluding carboxylic acids is 1. The lowest BCUT2D eigenvalue weighted by atomic mass is 10.1. The van der Waals surface area contributed by atoms with Gasteiger partial charge in [0.25, 0.3) is 0 Å². The maximum atomic E-state index is 12.3. The third kappa shape index (κ3) is 6.34. The van der Waals surface area contributed by atoms with Gasteiger partial charge in [-0.15, -0.1) is 4.72 Å². The van der Waals surface area contributed by atoms with Gasteiger partial charge in [-0.3, -0.25) is 4.79 Å². The van der Waals surface area contributed by atoms with Crippen LogP contribution in [0.25, 0.3) is 0 Å². The SMILES string of the molecule is CCOC(=O)CC(N[S@@+]([O-])C(C)(C)C)c1ccnc(Br)c1. The van der Waals surface area contributed by atoms with Crippen molar-refractivity contribution in [3.63, 3.8) is 0 Å². The van der Waals surface area contributed by atoms with Crippen molar-refractivity contribution in [1.82, 2.24) is 9.71 Å². The molecule has 0 saturated carbocycles. The highest BCUT2D eigenvalue weighted by Gasteiger charge is 2.31. The maximum absolute atomic E-state index is 12.3. The van der Waals surface area contributed by atoms with Gasteiger partial charge in [0.05, 0.1) is 19.1 Å². The standard InChI is InChI=1S/C14H21BrN2O3S/c1-5-20-13(18)9-11(17-21(19)14(2,3)4)10-6-7-16-12(15)8-10/h6-8,11,17H,5,9H2,1-4H3/t11?,21-/m0/s1. The third-order valence-electron chi connectivity index (χ3n) is 2.63. The van der Waals surface area contributed by atoms with E-state index in [1.807, 2.05) is 20.8 Å². The minimum Gasteiger partial charge on any atom is -0.598 e. The van der Waals surface area contributed by atoms with E-state index in [0.717, 1.165) is 5.56 Å². The maximum Gasteiger partial charge on any atom is 0.307 e. The molecule has 1 N–H and O–H groups in total. The van der Waals surface area contributed by atoms with Crippen molar-refractivity contribution in [3.05, 3.63) is 28.5 Å². The van der Waals surface area contributed by atoms with Crippen LogP contribution in [0.3, 0.4) is 0 Å². The second kappa shape index (κ2) is 8.12. The summed E-state index contributed by atoms with van der Waals surface area (Å²) in [6.07, 6.45) is 1.76. The van der Waals surface area contributed by atoms with E-state index >= 15 is 0 Å². The van der Waals surface area contributed by atoms with E-state index in [1.54, 1.807) is 25.3 Å². The molecule has 0 aliphatic carbocycles. The molecule has 118 valence electrons. The molecule has 0 radical (unpaired) electrons. The number of nitrogens with one attached hydrogen (secondary N) is 1. The number of rotatable bonds is 6. The number of pyridine rings is 1. The number of nitrogens with zero attached hydrogens (tertiary/aromatic N) is 1. The summed E-state index contributed by atoms with van der Waals surface area (Å²) in [4.78, 5) is 15.8. The van der Waals surface area contributed by atoms with Crippen molar-refractivity contribution >= 4 is 33.3 Å². The van der Waals surface area contributed by atoms with Crippen LogP contribution >= 0.6 is 15.9 Å². The van der Waals surface area contributed by atoms with E-state index in [-0.39, 0.29) is 18.4 Å². The lowest BCUT2D eigenvalue weighted by Crippen LogP contribution is -2.42. The normalized spacial score (nSPS) is 14.6. The van der Waals surface area contributed by atoms with Crippen molar-refractivity contribution < 1.29 is 14.1 Å². The Bertz CT molecular complexity index is 480. The first-order valence-corrected chi connectivity index (χ1v) is 8.63. The van der Waals surface area contributed by atoms with Crippen LogP contribution in [0.4, 0.5) is 0 Å². The molecule has 0 bridgehead atoms. The van der Waals surface area contributed by atoms with Gasteiger partial charge in [0.2, 0.25) is 0 Å². The molecule has 1 aromatic rings. The molecule has 0 aliphatic rings. The molecule has 2 atom stereocenters. The summed E-state index contributed by atoms with van der Waals surface area (Å²) in [5, 5.41) is 0. The first kappa shape index (κ1) is 18.4. The molecule has 0 fully saturated rings. The van der Waals surface area contributed by atoms with Crippen LogP contribution in [-0.2, 0) is 20.9 Å². The van der Waals surface area contributed by atoms with Gasteiger partial charge in [0.1, 0.15) is 9.35 Å². The zero-order valence-electron chi connectivity index (χ0n) is 12.7. The number of ether oxygens (including phenoxy) is 1. The van der Waals surface area contributed by atoms with Crippen molar-refractivity contribution in [3.8, 4) is 0 Å². The van der Waals surface area contributed by atoms with Gasteiger partial charge in [-0.1, -0.05) is 0 Å². The summed E-state index contributed by atoms with van der Waals surface area (Å²) in [5.74, 6) is -0.325. The van der Waals surface area contributed by atoms with Crippen molar-refractivity contribution in [2.24, 2.45) is 0 Å². The van der Waals surface area contributed by atoms with Crippen LogP contribution in [0.1, 0.15) is 45.7 Å². The minimum atomic E-state index is -1.29.